The lowest BCUT2D eigenvalue weighted by Gasteiger charge is -2.36. The van der Waals surface area contributed by atoms with E-state index in [9.17, 15) is 9.18 Å². The number of nitrogens with zero attached hydrogens (tertiary/aromatic N) is 4. The zero-order valence-electron chi connectivity index (χ0n) is 14.6. The van der Waals surface area contributed by atoms with Gasteiger partial charge in [0.05, 0.1) is 24.4 Å². The summed E-state index contributed by atoms with van der Waals surface area (Å²) >= 11 is 0. The second-order valence-corrected chi connectivity index (χ2v) is 6.79. The maximum atomic E-state index is 13.3. The molecule has 7 heteroatoms. The summed E-state index contributed by atoms with van der Waals surface area (Å²) < 4.78 is 19.2. The maximum Gasteiger partial charge on any atom is 0.254 e. The minimum absolute atomic E-state index is 0.0239. The monoisotopic (exact) mass is 356 g/mol. The Morgan fingerprint density at radius 1 is 1.35 bits per heavy atom. The van der Waals surface area contributed by atoms with E-state index in [0.717, 1.165) is 24.5 Å². The molecule has 26 heavy (non-hydrogen) atoms. The number of morpholine rings is 1. The highest BCUT2D eigenvalue weighted by Gasteiger charge is 2.42. The first-order valence-electron chi connectivity index (χ1n) is 8.79. The Balaban J connectivity index is 1.48. The summed E-state index contributed by atoms with van der Waals surface area (Å²) in [5.41, 5.74) is 2.34. The molecular formula is C19H21FN4O2. The molecular weight excluding hydrogens is 335 g/mol. The van der Waals surface area contributed by atoms with Crippen molar-refractivity contribution in [2.75, 3.05) is 26.2 Å². The van der Waals surface area contributed by atoms with Crippen molar-refractivity contribution in [1.29, 1.82) is 0 Å². The van der Waals surface area contributed by atoms with Crippen LogP contribution < -0.4 is 0 Å². The lowest BCUT2D eigenvalue weighted by Crippen LogP contribution is -2.50. The van der Waals surface area contributed by atoms with Crippen LogP contribution in [0.15, 0.2) is 36.5 Å². The standard InChI is InChI=1S/C19H21FN4O2/c1-13-3-2-4-15(22-13)10-23-7-8-26-17-12-24(11-16(17)23)19(25)14-5-6-21-18(20)9-14/h2-6,9,16-17H,7-8,10-12H2,1H3/t16-,17-/m0/s1. The first kappa shape index (κ1) is 17.1. The van der Waals surface area contributed by atoms with Crippen LogP contribution in [0.3, 0.4) is 0 Å². The number of likely N-dealkylation sites (tertiary alicyclic amines) is 1. The SMILES string of the molecule is Cc1cccc(CN2CCO[C@H]3CN(C(=O)c4ccnc(F)c4)C[C@@H]32)n1. The summed E-state index contributed by atoms with van der Waals surface area (Å²) in [7, 11) is 0. The number of hydrogen-bond donors (Lipinski definition) is 0. The van der Waals surface area contributed by atoms with Gasteiger partial charge in [-0.05, 0) is 25.1 Å². The fraction of sp³-hybridized carbons (Fsp3) is 0.421. The Kier molecular flexibility index (Phi) is 4.65. The molecule has 0 aliphatic carbocycles. The van der Waals surface area contributed by atoms with E-state index in [2.05, 4.69) is 14.9 Å². The Labute approximate surface area is 151 Å². The van der Waals surface area contributed by atoms with Gasteiger partial charge in [-0.1, -0.05) is 6.07 Å². The van der Waals surface area contributed by atoms with E-state index in [4.69, 9.17) is 4.74 Å². The third-order valence-corrected chi connectivity index (χ3v) is 4.99. The number of aryl methyl sites for hydroxylation is 1. The van der Waals surface area contributed by atoms with Gasteiger partial charge in [0.15, 0.2) is 0 Å². The fourth-order valence-corrected chi connectivity index (χ4v) is 3.73. The number of carbonyl (C=O) groups excluding carboxylic acids is 1. The highest BCUT2D eigenvalue weighted by Crippen LogP contribution is 2.25. The molecule has 4 heterocycles. The van der Waals surface area contributed by atoms with Crippen molar-refractivity contribution in [3.63, 3.8) is 0 Å². The molecule has 6 nitrogen and oxygen atoms in total. The number of rotatable bonds is 3. The van der Waals surface area contributed by atoms with Gasteiger partial charge in [-0.15, -0.1) is 0 Å². The molecule has 0 spiro atoms. The van der Waals surface area contributed by atoms with Crippen molar-refractivity contribution in [3.8, 4) is 0 Å². The van der Waals surface area contributed by atoms with E-state index in [1.54, 1.807) is 11.0 Å². The van der Waals surface area contributed by atoms with Crippen molar-refractivity contribution in [1.82, 2.24) is 19.8 Å². The quantitative estimate of drug-likeness (QED) is 0.783. The van der Waals surface area contributed by atoms with Crippen molar-refractivity contribution >= 4 is 5.91 Å². The molecule has 2 atom stereocenters. The van der Waals surface area contributed by atoms with Crippen molar-refractivity contribution in [2.45, 2.75) is 25.6 Å². The van der Waals surface area contributed by atoms with Gasteiger partial charge in [0, 0.05) is 49.7 Å². The average molecular weight is 356 g/mol. The fourth-order valence-electron chi connectivity index (χ4n) is 3.73. The van der Waals surface area contributed by atoms with E-state index in [1.165, 1.54) is 12.3 Å². The van der Waals surface area contributed by atoms with Crippen LogP contribution in [-0.4, -0.2) is 64.1 Å². The Hall–Kier alpha value is -2.38. The van der Waals surface area contributed by atoms with Gasteiger partial charge in [0.25, 0.3) is 5.91 Å². The zero-order valence-corrected chi connectivity index (χ0v) is 14.6. The van der Waals surface area contributed by atoms with Gasteiger partial charge in [-0.2, -0.15) is 4.39 Å². The summed E-state index contributed by atoms with van der Waals surface area (Å²) in [6, 6.07) is 8.87. The van der Waals surface area contributed by atoms with Crippen molar-refractivity contribution in [3.05, 3.63) is 59.4 Å². The number of ether oxygens (including phenoxy) is 1. The number of halogens is 1. The van der Waals surface area contributed by atoms with Crippen LogP contribution in [0.4, 0.5) is 4.39 Å². The van der Waals surface area contributed by atoms with E-state index < -0.39 is 5.95 Å². The number of amides is 1. The molecule has 2 fully saturated rings. The topological polar surface area (TPSA) is 58.6 Å². The lowest BCUT2D eigenvalue weighted by molar-refractivity contribution is -0.0507. The Bertz CT molecular complexity index is 816. The molecule has 2 aliphatic rings. The molecule has 4 rings (SSSR count). The molecule has 136 valence electrons. The Morgan fingerprint density at radius 2 is 2.23 bits per heavy atom. The number of carbonyl (C=O) groups is 1. The predicted octanol–water partition coefficient (Wildman–Crippen LogP) is 1.65. The molecule has 0 bridgehead atoms. The minimum Gasteiger partial charge on any atom is -0.373 e. The van der Waals surface area contributed by atoms with Gasteiger partial charge < -0.3 is 9.64 Å². The van der Waals surface area contributed by atoms with Gasteiger partial charge in [0.2, 0.25) is 5.95 Å². The van der Waals surface area contributed by atoms with Crippen LogP contribution in [0.5, 0.6) is 0 Å². The summed E-state index contributed by atoms with van der Waals surface area (Å²) in [5, 5.41) is 0. The van der Waals surface area contributed by atoms with Gasteiger partial charge in [0.1, 0.15) is 0 Å². The maximum absolute atomic E-state index is 13.3. The largest absolute Gasteiger partial charge is 0.373 e. The minimum atomic E-state index is -0.643. The number of aromatic nitrogens is 2. The molecule has 2 aromatic heterocycles. The normalized spacial score (nSPS) is 23.1. The van der Waals surface area contributed by atoms with Crippen LogP contribution in [-0.2, 0) is 11.3 Å². The summed E-state index contributed by atoms with van der Waals surface area (Å²) in [6.07, 6.45) is 1.29. The summed E-state index contributed by atoms with van der Waals surface area (Å²) in [6.45, 7) is 5.25. The second-order valence-electron chi connectivity index (χ2n) is 6.79. The third-order valence-electron chi connectivity index (χ3n) is 4.99. The van der Waals surface area contributed by atoms with Crippen molar-refractivity contribution in [2.24, 2.45) is 0 Å². The van der Waals surface area contributed by atoms with Crippen LogP contribution in [0, 0.1) is 12.9 Å². The van der Waals surface area contributed by atoms with Crippen molar-refractivity contribution < 1.29 is 13.9 Å². The number of hydrogen-bond acceptors (Lipinski definition) is 5. The van der Waals surface area contributed by atoms with Gasteiger partial charge >= 0.3 is 0 Å². The highest BCUT2D eigenvalue weighted by atomic mass is 19.1. The van der Waals surface area contributed by atoms with Crippen LogP contribution in [0.1, 0.15) is 21.7 Å². The average Bonchev–Trinajstić information content (AvgIpc) is 3.06. The smallest absolute Gasteiger partial charge is 0.254 e. The molecule has 0 aromatic carbocycles. The highest BCUT2D eigenvalue weighted by molar-refractivity contribution is 5.94. The van der Waals surface area contributed by atoms with Crippen LogP contribution in [0.2, 0.25) is 0 Å². The van der Waals surface area contributed by atoms with Crippen LogP contribution >= 0.6 is 0 Å². The summed E-state index contributed by atoms with van der Waals surface area (Å²) in [4.78, 5) is 24.9. The van der Waals surface area contributed by atoms with Gasteiger partial charge in [-0.25, -0.2) is 4.98 Å². The molecule has 0 unspecified atom stereocenters. The molecule has 2 aromatic rings. The van der Waals surface area contributed by atoms with E-state index in [-0.39, 0.29) is 18.1 Å². The number of fused-ring (bicyclic) bond motifs is 1. The first-order chi connectivity index (χ1) is 12.6. The Morgan fingerprint density at radius 3 is 3.04 bits per heavy atom. The van der Waals surface area contributed by atoms with E-state index in [0.29, 0.717) is 25.3 Å². The van der Waals surface area contributed by atoms with Gasteiger partial charge in [-0.3, -0.25) is 14.7 Å². The molecule has 2 aliphatic heterocycles. The first-order valence-corrected chi connectivity index (χ1v) is 8.79. The second kappa shape index (κ2) is 7.09. The van der Waals surface area contributed by atoms with Crippen LogP contribution in [0.25, 0.3) is 0 Å². The van der Waals surface area contributed by atoms with E-state index in [1.807, 2.05) is 25.1 Å². The predicted molar refractivity (Wildman–Crippen MR) is 93.0 cm³/mol. The molecule has 0 radical (unpaired) electrons. The number of pyridine rings is 2. The molecule has 2 saturated heterocycles. The third kappa shape index (κ3) is 3.45. The molecule has 1 amide bonds. The summed E-state index contributed by atoms with van der Waals surface area (Å²) in [5.74, 6) is -0.825. The lowest BCUT2D eigenvalue weighted by atomic mass is 10.1. The zero-order chi connectivity index (χ0) is 18.1. The molecule has 0 N–H and O–H groups in total. The molecule has 0 saturated carbocycles. The van der Waals surface area contributed by atoms with E-state index >= 15 is 0 Å².